The van der Waals surface area contributed by atoms with Gasteiger partial charge in [-0.3, -0.25) is 4.79 Å². The van der Waals surface area contributed by atoms with Crippen LogP contribution in [0.5, 0.6) is 0 Å². The van der Waals surface area contributed by atoms with E-state index in [4.69, 9.17) is 4.74 Å². The van der Waals surface area contributed by atoms with Gasteiger partial charge in [0.05, 0.1) is 0 Å². The van der Waals surface area contributed by atoms with Crippen LogP contribution in [0.3, 0.4) is 0 Å². The van der Waals surface area contributed by atoms with Crippen molar-refractivity contribution in [2.75, 3.05) is 25.2 Å². The zero-order chi connectivity index (χ0) is 24.5. The summed E-state index contributed by atoms with van der Waals surface area (Å²) in [5, 5.41) is 12.3. The fraction of sp³-hybridized carbons (Fsp3) is 0.423. The minimum atomic E-state index is -1.03. The van der Waals surface area contributed by atoms with Gasteiger partial charge in [-0.1, -0.05) is 62.4 Å². The van der Waals surface area contributed by atoms with Crippen molar-refractivity contribution >= 4 is 29.7 Å². The molecule has 1 heterocycles. The number of rotatable bonds is 8. The molecular formula is C26H30N2O5S. The molecule has 2 atom stereocenters. The summed E-state index contributed by atoms with van der Waals surface area (Å²) in [7, 11) is 0. The third-order valence-electron chi connectivity index (χ3n) is 6.69. The number of aliphatic carboxylic acids is 1. The van der Waals surface area contributed by atoms with Crippen molar-refractivity contribution in [2.45, 2.75) is 38.3 Å². The minimum absolute atomic E-state index is 0.0777. The van der Waals surface area contributed by atoms with Crippen LogP contribution in [0.2, 0.25) is 0 Å². The van der Waals surface area contributed by atoms with Crippen molar-refractivity contribution in [1.29, 1.82) is 0 Å². The molecule has 2 aromatic carbocycles. The van der Waals surface area contributed by atoms with Crippen LogP contribution in [-0.2, 0) is 14.3 Å². The summed E-state index contributed by atoms with van der Waals surface area (Å²) in [6.45, 7) is 4.14. The fourth-order valence-electron chi connectivity index (χ4n) is 5.07. The lowest BCUT2D eigenvalue weighted by Crippen LogP contribution is -2.69. The maximum Gasteiger partial charge on any atom is 0.407 e. The predicted octanol–water partition coefficient (Wildman–Crippen LogP) is 3.97. The van der Waals surface area contributed by atoms with Crippen molar-refractivity contribution in [3.8, 4) is 11.1 Å². The Morgan fingerprint density at radius 1 is 1.12 bits per heavy atom. The van der Waals surface area contributed by atoms with Gasteiger partial charge in [0.15, 0.2) is 0 Å². The molecular weight excluding hydrogens is 452 g/mol. The molecule has 4 rings (SSSR count). The number of carboxylic acids is 1. The minimum Gasteiger partial charge on any atom is -0.480 e. The molecule has 2 aliphatic rings. The summed E-state index contributed by atoms with van der Waals surface area (Å²) in [6, 6.07) is 14.4. The van der Waals surface area contributed by atoms with Gasteiger partial charge in [0.2, 0.25) is 5.91 Å². The van der Waals surface area contributed by atoms with E-state index >= 15 is 0 Å². The number of nitrogens with one attached hydrogen (secondary N) is 1. The molecule has 7 nitrogen and oxygen atoms in total. The molecule has 1 aliphatic heterocycles. The lowest BCUT2D eigenvalue weighted by atomic mass is 9.74. The lowest BCUT2D eigenvalue weighted by molar-refractivity contribution is -0.172. The van der Waals surface area contributed by atoms with Crippen LogP contribution in [-0.4, -0.2) is 65.2 Å². The van der Waals surface area contributed by atoms with E-state index in [9.17, 15) is 19.5 Å². The van der Waals surface area contributed by atoms with Crippen molar-refractivity contribution < 1.29 is 24.2 Å². The number of carbonyl (C=O) groups is 3. The highest BCUT2D eigenvalue weighted by Gasteiger charge is 2.53. The van der Waals surface area contributed by atoms with E-state index in [-0.39, 0.29) is 18.4 Å². The first-order valence-electron chi connectivity index (χ1n) is 11.4. The van der Waals surface area contributed by atoms with Gasteiger partial charge in [0, 0.05) is 17.9 Å². The number of likely N-dealkylation sites (tertiary alicyclic amines) is 1. The standard InChI is InChI=1S/C26H30N2O5S/c1-26(2)15-28(22(26)24(30)31)23(29)21(12-13-34-3)27-25(32)33-14-20-18-10-6-4-8-16(18)17-9-5-7-11-19(17)20/h4-11,20-22H,12-15H2,1-3H3,(H,27,32)(H,30,31)/t21-,22?/m1/s1. The van der Waals surface area contributed by atoms with Crippen LogP contribution in [0.15, 0.2) is 48.5 Å². The fourth-order valence-corrected chi connectivity index (χ4v) is 5.55. The van der Waals surface area contributed by atoms with E-state index in [2.05, 4.69) is 17.4 Å². The SMILES string of the molecule is CSCC[C@@H](NC(=O)OCC1c2ccccc2-c2ccccc21)C(=O)N1CC(C)(C)C1C(=O)O. The molecule has 0 saturated carbocycles. The zero-order valence-corrected chi connectivity index (χ0v) is 20.4. The summed E-state index contributed by atoms with van der Waals surface area (Å²) in [6.07, 6.45) is 1.64. The summed E-state index contributed by atoms with van der Waals surface area (Å²) in [5.74, 6) is -0.843. The van der Waals surface area contributed by atoms with Gasteiger partial charge in [0.1, 0.15) is 18.7 Å². The van der Waals surface area contributed by atoms with E-state index in [0.29, 0.717) is 18.7 Å². The molecule has 1 unspecified atom stereocenters. The number of carboxylic acid groups (broad SMARTS) is 1. The predicted molar refractivity (Wildman–Crippen MR) is 132 cm³/mol. The normalized spacial score (nSPS) is 18.9. The van der Waals surface area contributed by atoms with Crippen molar-refractivity contribution in [3.63, 3.8) is 0 Å². The molecule has 0 aromatic heterocycles. The molecule has 2 amide bonds. The first-order chi connectivity index (χ1) is 16.2. The number of amides is 2. The van der Waals surface area contributed by atoms with Gasteiger partial charge in [0.25, 0.3) is 0 Å². The molecule has 0 spiro atoms. The van der Waals surface area contributed by atoms with Crippen LogP contribution < -0.4 is 5.32 Å². The van der Waals surface area contributed by atoms with Gasteiger partial charge in [-0.05, 0) is 40.7 Å². The molecule has 1 aliphatic carbocycles. The Morgan fingerprint density at radius 3 is 2.24 bits per heavy atom. The maximum absolute atomic E-state index is 13.1. The Labute approximate surface area is 203 Å². The highest BCUT2D eigenvalue weighted by atomic mass is 32.2. The highest BCUT2D eigenvalue weighted by molar-refractivity contribution is 7.98. The van der Waals surface area contributed by atoms with Crippen molar-refractivity contribution in [1.82, 2.24) is 10.2 Å². The number of thioether (sulfide) groups is 1. The summed E-state index contributed by atoms with van der Waals surface area (Å²) < 4.78 is 5.60. The number of fused-ring (bicyclic) bond motifs is 3. The quantitative estimate of drug-likeness (QED) is 0.591. The second-order valence-electron chi connectivity index (χ2n) is 9.50. The van der Waals surface area contributed by atoms with Gasteiger partial charge >= 0.3 is 12.1 Å². The van der Waals surface area contributed by atoms with Gasteiger partial charge in [-0.2, -0.15) is 11.8 Å². The number of hydrogen-bond acceptors (Lipinski definition) is 5. The molecule has 1 saturated heterocycles. The average molecular weight is 483 g/mol. The van der Waals surface area contributed by atoms with Crippen LogP contribution in [0.1, 0.15) is 37.3 Å². The van der Waals surface area contributed by atoms with E-state index in [1.165, 1.54) is 4.90 Å². The summed E-state index contributed by atoms with van der Waals surface area (Å²) >= 11 is 1.56. The van der Waals surface area contributed by atoms with Crippen LogP contribution in [0.4, 0.5) is 4.79 Å². The number of benzene rings is 2. The van der Waals surface area contributed by atoms with E-state index in [1.54, 1.807) is 11.8 Å². The summed E-state index contributed by atoms with van der Waals surface area (Å²) in [5.41, 5.74) is 3.99. The van der Waals surface area contributed by atoms with Crippen molar-refractivity contribution in [2.24, 2.45) is 5.41 Å². The number of alkyl carbamates (subject to hydrolysis) is 1. The zero-order valence-electron chi connectivity index (χ0n) is 19.6. The van der Waals surface area contributed by atoms with Crippen LogP contribution >= 0.6 is 11.8 Å². The van der Waals surface area contributed by atoms with E-state index < -0.39 is 29.6 Å². The largest absolute Gasteiger partial charge is 0.480 e. The number of carbonyl (C=O) groups excluding carboxylic acids is 2. The third-order valence-corrected chi connectivity index (χ3v) is 7.34. The molecule has 34 heavy (non-hydrogen) atoms. The van der Waals surface area contributed by atoms with Crippen molar-refractivity contribution in [3.05, 3.63) is 59.7 Å². The Kier molecular flexibility index (Phi) is 6.89. The first-order valence-corrected chi connectivity index (χ1v) is 12.8. The molecule has 8 heteroatoms. The number of ether oxygens (including phenoxy) is 1. The molecule has 0 bridgehead atoms. The third kappa shape index (κ3) is 4.51. The van der Waals surface area contributed by atoms with Crippen LogP contribution in [0, 0.1) is 5.41 Å². The van der Waals surface area contributed by atoms with Crippen LogP contribution in [0.25, 0.3) is 11.1 Å². The van der Waals surface area contributed by atoms with E-state index in [0.717, 1.165) is 22.3 Å². The highest BCUT2D eigenvalue weighted by Crippen LogP contribution is 2.44. The average Bonchev–Trinajstić information content (AvgIpc) is 3.12. The Morgan fingerprint density at radius 2 is 1.71 bits per heavy atom. The second-order valence-corrected chi connectivity index (χ2v) is 10.5. The number of hydrogen-bond donors (Lipinski definition) is 2. The topological polar surface area (TPSA) is 95.9 Å². The molecule has 0 radical (unpaired) electrons. The lowest BCUT2D eigenvalue weighted by Gasteiger charge is -2.52. The summed E-state index contributed by atoms with van der Waals surface area (Å²) in [4.78, 5) is 38.9. The molecule has 180 valence electrons. The molecule has 2 aromatic rings. The Balaban J connectivity index is 1.43. The second kappa shape index (κ2) is 9.70. The van der Waals surface area contributed by atoms with Gasteiger partial charge in [-0.15, -0.1) is 0 Å². The van der Waals surface area contributed by atoms with Gasteiger partial charge < -0.3 is 20.1 Å². The Bertz CT molecular complexity index is 1060. The smallest absolute Gasteiger partial charge is 0.407 e. The maximum atomic E-state index is 13.1. The Hall–Kier alpha value is -3.00. The molecule has 1 fully saturated rings. The van der Waals surface area contributed by atoms with E-state index in [1.807, 2.05) is 56.5 Å². The van der Waals surface area contributed by atoms with Gasteiger partial charge in [-0.25, -0.2) is 9.59 Å². The number of nitrogens with zero attached hydrogens (tertiary/aromatic N) is 1. The monoisotopic (exact) mass is 482 g/mol. The molecule has 2 N–H and O–H groups in total. The first kappa shape index (κ1) is 24.1.